The summed E-state index contributed by atoms with van der Waals surface area (Å²) < 4.78 is 0. The van der Waals surface area contributed by atoms with E-state index in [1.165, 1.54) is 0 Å². The molecule has 234 valence electrons. The second-order valence-corrected chi connectivity index (χ2v) is 12.0. The first-order valence-corrected chi connectivity index (χ1v) is 16.2. The highest BCUT2D eigenvalue weighted by Crippen LogP contribution is 2.45. The Hall–Kier alpha value is -6.56. The zero-order valence-corrected chi connectivity index (χ0v) is 26.6. The van der Waals surface area contributed by atoms with Crippen LogP contribution >= 0.6 is 0 Å². The molecule has 0 radical (unpaired) electrons. The quantitative estimate of drug-likeness (QED) is 0.202. The van der Waals surface area contributed by atoms with Gasteiger partial charge in [0.05, 0.1) is 28.3 Å². The third-order valence-corrected chi connectivity index (χ3v) is 8.89. The number of nitrogens with zero attached hydrogens (tertiary/aromatic N) is 2. The van der Waals surface area contributed by atoms with Crippen molar-refractivity contribution < 1.29 is 5.48 Å². The van der Waals surface area contributed by atoms with Crippen LogP contribution in [0, 0.1) is 0 Å². The fraction of sp³-hybridized carbons (Fsp3) is 0. The van der Waals surface area contributed by atoms with Crippen molar-refractivity contribution in [2.45, 2.75) is 0 Å². The smallest absolute Gasteiger partial charge is 0.0815 e. The van der Waals surface area contributed by atoms with Gasteiger partial charge < -0.3 is 15.4 Å². The summed E-state index contributed by atoms with van der Waals surface area (Å²) in [4.78, 5) is 17.9. The molecule has 0 fully saturated rings. The highest BCUT2D eigenvalue weighted by atomic mass is 16.0. The van der Waals surface area contributed by atoms with E-state index in [1.807, 2.05) is 0 Å². The molecular weight excluding hydrogens is 601 g/mol. The maximum absolute atomic E-state index is 5.42. The van der Waals surface area contributed by atoms with Crippen LogP contribution in [0.4, 0.5) is 0 Å². The zero-order valence-electron chi connectivity index (χ0n) is 26.6. The van der Waals surface area contributed by atoms with Crippen LogP contribution in [-0.2, 0) is 0 Å². The minimum absolute atomic E-state index is 0. The van der Waals surface area contributed by atoms with E-state index >= 15 is 0 Å². The normalized spacial score (nSPS) is 12.0. The van der Waals surface area contributed by atoms with Crippen LogP contribution in [0.2, 0.25) is 0 Å². The molecule has 2 aliphatic heterocycles. The van der Waals surface area contributed by atoms with Gasteiger partial charge in [0.25, 0.3) is 0 Å². The van der Waals surface area contributed by atoms with Crippen molar-refractivity contribution in [1.82, 2.24) is 19.9 Å². The average molecular weight is 633 g/mol. The molecule has 7 aromatic rings. The Balaban J connectivity index is 0.00000348. The van der Waals surface area contributed by atoms with Gasteiger partial charge in [-0.25, -0.2) is 9.97 Å². The summed E-state index contributed by atoms with van der Waals surface area (Å²) in [6.45, 7) is 0. The molecule has 5 heteroatoms. The van der Waals surface area contributed by atoms with Crippen LogP contribution in [0.25, 0.3) is 79.2 Å². The number of aromatic nitrogens is 4. The minimum Gasteiger partial charge on any atom is -0.412 e. The highest BCUT2D eigenvalue weighted by Gasteiger charge is 2.24. The van der Waals surface area contributed by atoms with Gasteiger partial charge in [-0.2, -0.15) is 0 Å². The van der Waals surface area contributed by atoms with Crippen LogP contribution in [0.1, 0.15) is 28.3 Å². The molecule has 0 saturated carbocycles. The van der Waals surface area contributed by atoms with E-state index in [1.54, 1.807) is 0 Å². The number of benzene rings is 4. The standard InChI is InChI=1S/C44H30N4.H2O/c1-5-13-29(14-6-1)38-27-37-26-35-22-21-33(45-35)25-34-23-24-36(46-34)28-39-40(30-15-7-2-8-16-30)41(31-17-9-3-10-18-31)44(48-39)42(43(38)47-37)32-19-11-4-12-20-32;/h1-28,45,48H;1H2. The maximum atomic E-state index is 5.42. The van der Waals surface area contributed by atoms with Crippen molar-refractivity contribution in [3.63, 3.8) is 0 Å². The molecule has 5 nitrogen and oxygen atoms in total. The SMILES string of the molecule is C1=Cc2cc3[nH]c(c(-c4ccccc4)c4nc(cc5ccc(cc1n2)[nH]5)C=C4c1ccccc1)c(-c1ccccc1)c3-c1ccccc1.O. The van der Waals surface area contributed by atoms with Crippen molar-refractivity contribution in [3.8, 4) is 33.4 Å². The first-order valence-electron chi connectivity index (χ1n) is 16.2. The summed E-state index contributed by atoms with van der Waals surface area (Å²) in [7, 11) is 0. The van der Waals surface area contributed by atoms with E-state index in [9.17, 15) is 0 Å². The van der Waals surface area contributed by atoms with E-state index in [4.69, 9.17) is 9.97 Å². The first kappa shape index (κ1) is 29.8. The molecule has 2 aliphatic rings. The van der Waals surface area contributed by atoms with Gasteiger partial charge in [0.1, 0.15) is 0 Å². The van der Waals surface area contributed by atoms with Gasteiger partial charge in [0.15, 0.2) is 0 Å². The third kappa shape index (κ3) is 5.58. The summed E-state index contributed by atoms with van der Waals surface area (Å²) >= 11 is 0. The zero-order chi connectivity index (χ0) is 31.9. The number of fused-ring (bicyclic) bond motifs is 8. The Kier molecular flexibility index (Phi) is 7.65. The van der Waals surface area contributed by atoms with Crippen molar-refractivity contribution >= 4 is 45.9 Å². The molecule has 0 aliphatic carbocycles. The molecule has 5 heterocycles. The number of hydrogen-bond acceptors (Lipinski definition) is 2. The van der Waals surface area contributed by atoms with E-state index in [2.05, 4.69) is 180 Å². The van der Waals surface area contributed by atoms with Gasteiger partial charge in [0, 0.05) is 38.8 Å². The molecule has 4 N–H and O–H groups in total. The van der Waals surface area contributed by atoms with Crippen molar-refractivity contribution in [3.05, 3.63) is 180 Å². The Bertz CT molecular complexity index is 2530. The van der Waals surface area contributed by atoms with Gasteiger partial charge in [-0.3, -0.25) is 0 Å². The minimum atomic E-state index is 0. The fourth-order valence-electron chi connectivity index (χ4n) is 6.78. The summed E-state index contributed by atoms with van der Waals surface area (Å²) in [6, 6.07) is 53.0. The molecule has 0 atom stereocenters. The van der Waals surface area contributed by atoms with Gasteiger partial charge in [-0.05, 0) is 70.8 Å². The Morgan fingerprint density at radius 3 is 1.49 bits per heavy atom. The van der Waals surface area contributed by atoms with E-state index in [0.717, 1.165) is 89.4 Å². The number of hydrogen-bond donors (Lipinski definition) is 2. The Morgan fingerprint density at radius 1 is 0.408 bits per heavy atom. The predicted molar refractivity (Wildman–Crippen MR) is 203 cm³/mol. The van der Waals surface area contributed by atoms with Gasteiger partial charge in [0.2, 0.25) is 0 Å². The van der Waals surface area contributed by atoms with E-state index in [-0.39, 0.29) is 5.48 Å². The second-order valence-electron chi connectivity index (χ2n) is 12.0. The molecule has 8 bridgehead atoms. The summed E-state index contributed by atoms with van der Waals surface area (Å²) in [5.74, 6) is 0. The molecule has 0 spiro atoms. The van der Waals surface area contributed by atoms with Gasteiger partial charge >= 0.3 is 0 Å². The Labute approximate surface area is 284 Å². The monoisotopic (exact) mass is 632 g/mol. The van der Waals surface area contributed by atoms with Gasteiger partial charge in [-0.1, -0.05) is 121 Å². The lowest BCUT2D eigenvalue weighted by atomic mass is 9.91. The number of rotatable bonds is 4. The van der Waals surface area contributed by atoms with Crippen LogP contribution in [0.3, 0.4) is 0 Å². The summed E-state index contributed by atoms with van der Waals surface area (Å²) in [5.41, 5.74) is 16.3. The Morgan fingerprint density at radius 2 is 0.898 bits per heavy atom. The molecular formula is C44H32N4O. The van der Waals surface area contributed by atoms with Gasteiger partial charge in [-0.15, -0.1) is 0 Å². The molecule has 9 rings (SSSR count). The molecule has 4 aromatic carbocycles. The molecule has 0 unspecified atom stereocenters. The first-order chi connectivity index (χ1) is 23.8. The molecule has 3 aromatic heterocycles. The van der Waals surface area contributed by atoms with Crippen LogP contribution in [-0.4, -0.2) is 25.4 Å². The van der Waals surface area contributed by atoms with Crippen molar-refractivity contribution in [2.75, 3.05) is 0 Å². The molecule has 0 saturated heterocycles. The van der Waals surface area contributed by atoms with E-state index < -0.39 is 0 Å². The van der Waals surface area contributed by atoms with Crippen LogP contribution in [0.15, 0.2) is 152 Å². The molecule has 0 amide bonds. The number of aromatic amines is 2. The van der Waals surface area contributed by atoms with Crippen LogP contribution in [0.5, 0.6) is 0 Å². The highest BCUT2D eigenvalue weighted by molar-refractivity contribution is 6.10. The lowest BCUT2D eigenvalue weighted by Crippen LogP contribution is -1.92. The topological polar surface area (TPSA) is 88.9 Å². The fourth-order valence-corrected chi connectivity index (χ4v) is 6.78. The average Bonchev–Trinajstić information content (AvgIpc) is 3.94. The number of H-pyrrole nitrogens is 2. The second kappa shape index (κ2) is 12.6. The van der Waals surface area contributed by atoms with Crippen molar-refractivity contribution in [2.24, 2.45) is 0 Å². The lowest BCUT2D eigenvalue weighted by molar-refractivity contribution is 0.824. The largest absolute Gasteiger partial charge is 0.412 e. The maximum Gasteiger partial charge on any atom is 0.0815 e. The van der Waals surface area contributed by atoms with Crippen molar-refractivity contribution in [1.29, 1.82) is 0 Å². The third-order valence-electron chi connectivity index (χ3n) is 8.89. The summed E-state index contributed by atoms with van der Waals surface area (Å²) in [5, 5.41) is 0. The number of nitrogens with one attached hydrogen (secondary N) is 2. The predicted octanol–water partition coefficient (Wildman–Crippen LogP) is 10.3. The van der Waals surface area contributed by atoms with E-state index in [0.29, 0.717) is 0 Å². The summed E-state index contributed by atoms with van der Waals surface area (Å²) in [6.07, 6.45) is 6.35. The molecule has 49 heavy (non-hydrogen) atoms. The lowest BCUT2D eigenvalue weighted by Gasteiger charge is -2.12. The van der Waals surface area contributed by atoms with Crippen LogP contribution < -0.4 is 0 Å².